The number of aromatic nitrogens is 4. The molecule has 0 fully saturated rings. The maximum Gasteiger partial charge on any atom is 0.206 e. The van der Waals surface area contributed by atoms with Crippen LogP contribution in [-0.4, -0.2) is 56.7 Å². The van der Waals surface area contributed by atoms with Crippen LogP contribution in [-0.2, 0) is 29.0 Å². The van der Waals surface area contributed by atoms with Crippen LogP contribution in [0.1, 0.15) is 35.9 Å². The third-order valence-electron chi connectivity index (χ3n) is 4.74. The number of fused-ring (bicyclic) bond motifs is 5. The number of hydrogen-bond donors (Lipinski definition) is 2. The number of aliphatic hydroxyl groups excluding tert-OH is 1. The second kappa shape index (κ2) is 7.40. The van der Waals surface area contributed by atoms with Gasteiger partial charge in [-0.3, -0.25) is 0 Å². The predicted octanol–water partition coefficient (Wildman–Crippen LogP) is 0.571. The fourth-order valence-electron chi connectivity index (χ4n) is 3.44. The van der Waals surface area contributed by atoms with Gasteiger partial charge in [0.1, 0.15) is 17.2 Å². The molecule has 0 unspecified atom stereocenters. The predicted molar refractivity (Wildman–Crippen MR) is 102 cm³/mol. The van der Waals surface area contributed by atoms with Gasteiger partial charge >= 0.3 is 0 Å². The molecule has 0 saturated carbocycles. The van der Waals surface area contributed by atoms with Gasteiger partial charge in [-0.05, 0) is 26.3 Å². The van der Waals surface area contributed by atoms with E-state index < -0.39 is 0 Å². The third kappa shape index (κ3) is 3.70. The van der Waals surface area contributed by atoms with Crippen molar-refractivity contribution in [2.24, 2.45) is 0 Å². The smallest absolute Gasteiger partial charge is 0.206 e. The normalized spacial score (nSPS) is 16.3. The van der Waals surface area contributed by atoms with Crippen LogP contribution in [0.4, 0.5) is 0 Å². The summed E-state index contributed by atoms with van der Waals surface area (Å²) in [5.41, 5.74) is 2.03. The van der Waals surface area contributed by atoms with Crippen molar-refractivity contribution >= 4 is 27.2 Å². The Balaban J connectivity index is 1.63. The zero-order valence-electron chi connectivity index (χ0n) is 16.0. The Morgan fingerprint density at radius 1 is 1.33 bits per heavy atom. The van der Waals surface area contributed by atoms with Crippen LogP contribution in [0.15, 0.2) is 0 Å². The van der Waals surface area contributed by atoms with E-state index in [1.165, 1.54) is 10.4 Å². The maximum absolute atomic E-state index is 8.72. The molecule has 3 aromatic rings. The summed E-state index contributed by atoms with van der Waals surface area (Å²) >= 11 is 1.71. The summed E-state index contributed by atoms with van der Waals surface area (Å²) in [6.07, 6.45) is 0.860. The van der Waals surface area contributed by atoms with Crippen molar-refractivity contribution in [3.8, 4) is 0 Å². The zero-order chi connectivity index (χ0) is 19.0. The second-order valence-corrected chi connectivity index (χ2v) is 8.53. The number of nitrogens with two attached hydrogens (primary N) is 1. The molecule has 4 rings (SSSR count). The first-order valence-electron chi connectivity index (χ1n) is 9.29. The van der Waals surface area contributed by atoms with Crippen LogP contribution in [0, 0.1) is 6.92 Å². The minimum Gasteiger partial charge on any atom is -0.394 e. The largest absolute Gasteiger partial charge is 0.394 e. The van der Waals surface area contributed by atoms with Gasteiger partial charge in [0.25, 0.3) is 0 Å². The van der Waals surface area contributed by atoms with Gasteiger partial charge in [0.05, 0.1) is 44.0 Å². The van der Waals surface area contributed by atoms with Gasteiger partial charge in [0.2, 0.25) is 5.82 Å². The molecule has 0 amide bonds. The van der Waals surface area contributed by atoms with E-state index in [2.05, 4.69) is 24.3 Å². The monoisotopic (exact) mass is 392 g/mol. The minimum atomic E-state index is -0.173. The van der Waals surface area contributed by atoms with E-state index in [-0.39, 0.29) is 12.2 Å². The van der Waals surface area contributed by atoms with Crippen LogP contribution in [0.2, 0.25) is 0 Å². The van der Waals surface area contributed by atoms with Crippen molar-refractivity contribution in [1.82, 2.24) is 19.6 Å². The average molecular weight is 393 g/mol. The molecular weight excluding hydrogens is 366 g/mol. The molecule has 8 nitrogen and oxygen atoms in total. The van der Waals surface area contributed by atoms with Gasteiger partial charge in [-0.2, -0.15) is 4.52 Å². The summed E-state index contributed by atoms with van der Waals surface area (Å²) in [7, 11) is 0. The number of aryl methyl sites for hydroxylation is 1. The lowest BCUT2D eigenvalue weighted by Crippen LogP contribution is -2.83. The summed E-state index contributed by atoms with van der Waals surface area (Å²) in [6, 6.07) is 0. The third-order valence-corrected chi connectivity index (χ3v) is 5.84. The highest BCUT2D eigenvalue weighted by molar-refractivity contribution is 7.19. The lowest BCUT2D eigenvalue weighted by atomic mass is 9.94. The molecule has 4 heterocycles. The fraction of sp³-hybridized carbons (Fsp3) is 0.611. The molecule has 1 aliphatic heterocycles. The summed E-state index contributed by atoms with van der Waals surface area (Å²) < 4.78 is 13.1. The molecule has 27 heavy (non-hydrogen) atoms. The lowest BCUT2D eigenvalue weighted by molar-refractivity contribution is -0.673. The number of rotatable bonds is 7. The van der Waals surface area contributed by atoms with Crippen molar-refractivity contribution in [1.29, 1.82) is 0 Å². The molecule has 0 atom stereocenters. The first kappa shape index (κ1) is 18.7. The Labute approximate surface area is 161 Å². The van der Waals surface area contributed by atoms with Crippen molar-refractivity contribution < 1.29 is 19.9 Å². The summed E-state index contributed by atoms with van der Waals surface area (Å²) in [5.74, 6) is 1.64. The van der Waals surface area contributed by atoms with Crippen molar-refractivity contribution in [2.45, 2.75) is 45.9 Å². The topological polar surface area (TPSA) is 98.4 Å². The zero-order valence-corrected chi connectivity index (χ0v) is 16.8. The molecular formula is C18H26N5O3S+. The number of quaternary nitrogens is 1. The standard InChI is InChI=1S/C18H25N5O3S/c1-11-20-17-15(12-8-18(2,3)26-10-13(12)27-17)16-21-14(22-23(11)16)9-19-4-6-25-7-5-24/h19,24H,4-10H2,1-3H3/p+1. The Morgan fingerprint density at radius 2 is 2.19 bits per heavy atom. The Bertz CT molecular complexity index is 965. The van der Waals surface area contributed by atoms with Crippen molar-refractivity contribution in [3.05, 3.63) is 22.1 Å². The minimum absolute atomic E-state index is 0.0586. The highest BCUT2D eigenvalue weighted by atomic mass is 32.1. The molecule has 0 radical (unpaired) electrons. The SMILES string of the molecule is Cc1nc2sc3c(c2c2nc(C[NH2+]CCOCCO)nn12)CC(C)(C)OC3. The van der Waals surface area contributed by atoms with Crippen LogP contribution in [0.25, 0.3) is 15.9 Å². The van der Waals surface area contributed by atoms with Gasteiger partial charge in [-0.1, -0.05) is 0 Å². The van der Waals surface area contributed by atoms with Gasteiger partial charge in [-0.15, -0.1) is 16.4 Å². The van der Waals surface area contributed by atoms with Crippen LogP contribution in [0.3, 0.4) is 0 Å². The number of ether oxygens (including phenoxy) is 2. The highest BCUT2D eigenvalue weighted by Gasteiger charge is 2.31. The molecule has 3 aromatic heterocycles. The fourth-order valence-corrected chi connectivity index (χ4v) is 4.58. The molecule has 0 bridgehead atoms. The van der Waals surface area contributed by atoms with E-state index in [9.17, 15) is 0 Å². The highest BCUT2D eigenvalue weighted by Crippen LogP contribution is 2.39. The van der Waals surface area contributed by atoms with Crippen LogP contribution in [0.5, 0.6) is 0 Å². The molecule has 0 aliphatic carbocycles. The van der Waals surface area contributed by atoms with E-state index in [1.54, 1.807) is 11.3 Å². The van der Waals surface area contributed by atoms with Crippen LogP contribution < -0.4 is 5.32 Å². The van der Waals surface area contributed by atoms with Crippen LogP contribution >= 0.6 is 11.3 Å². The first-order chi connectivity index (χ1) is 13.0. The molecule has 0 spiro atoms. The van der Waals surface area contributed by atoms with Gasteiger partial charge in [0, 0.05) is 11.3 Å². The average Bonchev–Trinajstić information content (AvgIpc) is 3.18. The van der Waals surface area contributed by atoms with E-state index in [0.717, 1.165) is 40.5 Å². The van der Waals surface area contributed by atoms with Crippen molar-refractivity contribution in [2.75, 3.05) is 26.4 Å². The molecule has 0 saturated heterocycles. The first-order valence-corrected chi connectivity index (χ1v) is 10.1. The lowest BCUT2D eigenvalue weighted by Gasteiger charge is -2.30. The summed E-state index contributed by atoms with van der Waals surface area (Å²) in [6.45, 7) is 9.39. The molecule has 3 N–H and O–H groups in total. The summed E-state index contributed by atoms with van der Waals surface area (Å²) in [5, 5.41) is 16.6. The van der Waals surface area contributed by atoms with E-state index >= 15 is 0 Å². The number of nitrogens with zero attached hydrogens (tertiary/aromatic N) is 4. The summed E-state index contributed by atoms with van der Waals surface area (Å²) in [4.78, 5) is 11.9. The molecule has 0 aromatic carbocycles. The van der Waals surface area contributed by atoms with E-state index in [1.807, 2.05) is 11.4 Å². The van der Waals surface area contributed by atoms with Gasteiger partial charge < -0.3 is 19.9 Å². The van der Waals surface area contributed by atoms with Gasteiger partial charge in [-0.25, -0.2) is 9.97 Å². The Hall–Kier alpha value is -1.65. The van der Waals surface area contributed by atoms with Crippen molar-refractivity contribution in [3.63, 3.8) is 0 Å². The number of hydrogen-bond acceptors (Lipinski definition) is 7. The molecule has 1 aliphatic rings. The van der Waals surface area contributed by atoms with Gasteiger partial charge in [0.15, 0.2) is 5.65 Å². The van der Waals surface area contributed by atoms with E-state index in [4.69, 9.17) is 24.5 Å². The van der Waals surface area contributed by atoms with E-state index in [0.29, 0.717) is 26.4 Å². The second-order valence-electron chi connectivity index (χ2n) is 7.45. The Kier molecular flexibility index (Phi) is 5.13. The Morgan fingerprint density at radius 3 is 3.00 bits per heavy atom. The number of thiophene rings is 1. The molecule has 146 valence electrons. The molecule has 9 heteroatoms. The maximum atomic E-state index is 8.72. The number of aliphatic hydroxyl groups is 1. The quantitative estimate of drug-likeness (QED) is 0.571.